The minimum atomic E-state index is 0.596. The number of rotatable bonds is 3. The summed E-state index contributed by atoms with van der Waals surface area (Å²) >= 11 is 5.33. The van der Waals surface area contributed by atoms with E-state index in [-0.39, 0.29) is 0 Å². The van der Waals surface area contributed by atoms with Crippen molar-refractivity contribution in [1.82, 2.24) is 9.97 Å². The van der Waals surface area contributed by atoms with E-state index < -0.39 is 0 Å². The molecule has 0 aliphatic heterocycles. The fourth-order valence-electron chi connectivity index (χ4n) is 2.99. The number of aryl methyl sites for hydroxylation is 1. The molecule has 1 aromatic heterocycles. The number of nitrogens with one attached hydrogen (secondary N) is 1. The van der Waals surface area contributed by atoms with Crippen LogP contribution in [-0.4, -0.2) is 9.97 Å². The predicted molar refractivity (Wildman–Crippen MR) is 78.5 cm³/mol. The van der Waals surface area contributed by atoms with Gasteiger partial charge in [0.2, 0.25) is 0 Å². The zero-order chi connectivity index (χ0) is 13.1. The average Bonchev–Trinajstić information content (AvgIpc) is 2.37. The maximum absolute atomic E-state index is 5.33. The Bertz CT molecular complexity index is 456. The molecule has 1 aromatic rings. The van der Waals surface area contributed by atoms with Gasteiger partial charge >= 0.3 is 0 Å². The van der Waals surface area contributed by atoms with Crippen LogP contribution in [0.3, 0.4) is 0 Å². The Morgan fingerprint density at radius 2 is 1.89 bits per heavy atom. The van der Waals surface area contributed by atoms with E-state index in [1.54, 1.807) is 0 Å². The Morgan fingerprint density at radius 1 is 1.22 bits per heavy atom. The van der Waals surface area contributed by atoms with Crippen LogP contribution in [-0.2, 0) is 0 Å². The van der Waals surface area contributed by atoms with Crippen molar-refractivity contribution in [2.45, 2.75) is 65.2 Å². The van der Waals surface area contributed by atoms with Gasteiger partial charge < -0.3 is 4.98 Å². The number of hydrogen-bond donors (Lipinski definition) is 1. The third-order valence-corrected chi connectivity index (χ3v) is 4.75. The molecule has 1 N–H and O–H groups in total. The molecule has 0 atom stereocenters. The van der Waals surface area contributed by atoms with Gasteiger partial charge in [0.1, 0.15) is 10.5 Å². The maximum atomic E-state index is 5.33. The highest BCUT2D eigenvalue weighted by Gasteiger charge is 2.23. The highest BCUT2D eigenvalue weighted by Crippen LogP contribution is 2.36. The molecule has 1 saturated carbocycles. The van der Waals surface area contributed by atoms with Crippen LogP contribution < -0.4 is 0 Å². The first-order chi connectivity index (χ1) is 8.61. The first-order valence-electron chi connectivity index (χ1n) is 7.19. The summed E-state index contributed by atoms with van der Waals surface area (Å²) in [5, 5.41) is 0. The van der Waals surface area contributed by atoms with Gasteiger partial charge in [0.05, 0.1) is 0 Å². The summed E-state index contributed by atoms with van der Waals surface area (Å²) < 4.78 is 0.775. The van der Waals surface area contributed by atoms with E-state index in [9.17, 15) is 0 Å². The van der Waals surface area contributed by atoms with Crippen LogP contribution in [0.4, 0.5) is 0 Å². The molecular weight excluding hydrogens is 240 g/mol. The molecule has 0 aromatic carbocycles. The lowest BCUT2D eigenvalue weighted by Gasteiger charge is -2.28. The lowest BCUT2D eigenvalue weighted by molar-refractivity contribution is 0.302. The molecule has 1 aliphatic carbocycles. The molecule has 100 valence electrons. The fraction of sp³-hybridized carbons (Fsp3) is 0.733. The maximum Gasteiger partial charge on any atom is 0.132 e. The minimum Gasteiger partial charge on any atom is -0.347 e. The summed E-state index contributed by atoms with van der Waals surface area (Å²) in [5.74, 6) is 2.66. The van der Waals surface area contributed by atoms with E-state index in [1.165, 1.54) is 44.2 Å². The van der Waals surface area contributed by atoms with Gasteiger partial charge in [0.15, 0.2) is 0 Å². The van der Waals surface area contributed by atoms with E-state index >= 15 is 0 Å². The smallest absolute Gasteiger partial charge is 0.132 e. The normalized spacial score (nSPS) is 24.2. The van der Waals surface area contributed by atoms with Crippen molar-refractivity contribution in [3.05, 3.63) is 21.7 Å². The van der Waals surface area contributed by atoms with Crippen LogP contribution in [0.1, 0.15) is 68.4 Å². The van der Waals surface area contributed by atoms with Gasteiger partial charge in [-0.2, -0.15) is 0 Å². The van der Waals surface area contributed by atoms with Crippen molar-refractivity contribution < 1.29 is 0 Å². The molecular formula is C15H24N2S. The second-order valence-corrected chi connectivity index (χ2v) is 6.07. The summed E-state index contributed by atoms with van der Waals surface area (Å²) in [6.45, 7) is 6.43. The van der Waals surface area contributed by atoms with Crippen LogP contribution in [0.25, 0.3) is 0 Å². The Morgan fingerprint density at radius 3 is 2.44 bits per heavy atom. The van der Waals surface area contributed by atoms with Crippen LogP contribution >= 0.6 is 12.2 Å². The average molecular weight is 264 g/mol. The molecule has 2 rings (SSSR count). The third kappa shape index (κ3) is 3.00. The number of aromatic amines is 1. The molecule has 1 aliphatic rings. The Labute approximate surface area is 115 Å². The highest BCUT2D eigenvalue weighted by molar-refractivity contribution is 7.71. The second-order valence-electron chi connectivity index (χ2n) is 5.68. The lowest BCUT2D eigenvalue weighted by atomic mass is 9.80. The number of H-pyrrole nitrogens is 1. The van der Waals surface area contributed by atoms with Crippen molar-refractivity contribution in [3.8, 4) is 0 Å². The molecule has 0 bridgehead atoms. The minimum absolute atomic E-state index is 0.596. The Kier molecular flexibility index (Phi) is 4.55. The standard InChI is InChI=1S/C15H24N2S/c1-4-5-12-6-8-13(9-7-12)14-16-11(3)10(2)15(18)17-14/h12-13H,4-9H2,1-3H3,(H,16,17,18). The van der Waals surface area contributed by atoms with Gasteiger partial charge in [0.25, 0.3) is 0 Å². The number of hydrogen-bond acceptors (Lipinski definition) is 2. The van der Waals surface area contributed by atoms with Gasteiger partial charge in [-0.1, -0.05) is 32.0 Å². The van der Waals surface area contributed by atoms with E-state index in [1.807, 2.05) is 6.92 Å². The molecule has 0 spiro atoms. The summed E-state index contributed by atoms with van der Waals surface area (Å²) in [6.07, 6.45) is 7.96. The van der Waals surface area contributed by atoms with E-state index in [2.05, 4.69) is 23.8 Å². The number of nitrogens with zero attached hydrogens (tertiary/aromatic N) is 1. The summed E-state index contributed by atoms with van der Waals surface area (Å²) in [4.78, 5) is 8.04. The Balaban J connectivity index is 2.08. The van der Waals surface area contributed by atoms with Crippen molar-refractivity contribution >= 4 is 12.2 Å². The van der Waals surface area contributed by atoms with Crippen molar-refractivity contribution in [3.63, 3.8) is 0 Å². The first kappa shape index (κ1) is 13.7. The van der Waals surface area contributed by atoms with Crippen molar-refractivity contribution in [2.75, 3.05) is 0 Å². The molecule has 0 unspecified atom stereocenters. The molecule has 1 heterocycles. The first-order valence-corrected chi connectivity index (χ1v) is 7.60. The van der Waals surface area contributed by atoms with Crippen LogP contribution in [0, 0.1) is 24.4 Å². The molecule has 2 nitrogen and oxygen atoms in total. The third-order valence-electron chi connectivity index (χ3n) is 4.35. The van der Waals surface area contributed by atoms with Crippen LogP contribution in [0.15, 0.2) is 0 Å². The van der Waals surface area contributed by atoms with Gasteiger partial charge in [0, 0.05) is 17.2 Å². The number of aromatic nitrogens is 2. The lowest BCUT2D eigenvalue weighted by Crippen LogP contribution is -2.16. The highest BCUT2D eigenvalue weighted by atomic mass is 32.1. The van der Waals surface area contributed by atoms with Gasteiger partial charge in [-0.3, -0.25) is 0 Å². The monoisotopic (exact) mass is 264 g/mol. The van der Waals surface area contributed by atoms with Gasteiger partial charge in [-0.05, 0) is 45.4 Å². The molecule has 3 heteroatoms. The summed E-state index contributed by atoms with van der Waals surface area (Å²) in [7, 11) is 0. The molecule has 0 radical (unpaired) electrons. The summed E-state index contributed by atoms with van der Waals surface area (Å²) in [5.41, 5.74) is 2.30. The second kappa shape index (κ2) is 5.96. The topological polar surface area (TPSA) is 28.7 Å². The molecule has 0 amide bonds. The van der Waals surface area contributed by atoms with Gasteiger partial charge in [-0.25, -0.2) is 4.98 Å². The van der Waals surface area contributed by atoms with Crippen molar-refractivity contribution in [1.29, 1.82) is 0 Å². The van der Waals surface area contributed by atoms with Gasteiger partial charge in [-0.15, -0.1) is 0 Å². The SMILES string of the molecule is CCCC1CCC(c2nc(=S)c(C)c(C)[nH]2)CC1. The molecule has 18 heavy (non-hydrogen) atoms. The predicted octanol–water partition coefficient (Wildman–Crippen LogP) is 4.83. The molecule has 0 saturated heterocycles. The van der Waals surface area contributed by atoms with Crippen LogP contribution in [0.5, 0.6) is 0 Å². The van der Waals surface area contributed by atoms with Crippen molar-refractivity contribution in [2.24, 2.45) is 5.92 Å². The zero-order valence-corrected chi connectivity index (χ0v) is 12.6. The van der Waals surface area contributed by atoms with E-state index in [4.69, 9.17) is 12.2 Å². The van der Waals surface area contributed by atoms with Crippen LogP contribution in [0.2, 0.25) is 0 Å². The summed E-state index contributed by atoms with van der Waals surface area (Å²) in [6, 6.07) is 0. The fourth-order valence-corrected chi connectivity index (χ4v) is 3.25. The zero-order valence-electron chi connectivity index (χ0n) is 11.8. The largest absolute Gasteiger partial charge is 0.347 e. The van der Waals surface area contributed by atoms with E-state index in [0.29, 0.717) is 5.92 Å². The van der Waals surface area contributed by atoms with E-state index in [0.717, 1.165) is 21.9 Å². The molecule has 1 fully saturated rings. The Hall–Kier alpha value is -0.700. The quantitative estimate of drug-likeness (QED) is 0.792.